The van der Waals surface area contributed by atoms with Crippen LogP contribution in [0.1, 0.15) is 18.4 Å². The molecular weight excluding hydrogens is 539 g/mol. The standard InChI is InChI=1S/C19H15F13O4/c1-34-11-5-3-10(12(9-11)35-2)4-6-13(33)36-19(31,32)18(29,30)17(27,28)16(25,26)14(20,21)7-8-15(22,23)24/h3-6,9H,7-8H2,1-2H3. The third-order valence-corrected chi connectivity index (χ3v) is 4.40. The smallest absolute Gasteiger partial charge is 0.473 e. The Morgan fingerprint density at radius 1 is 0.778 bits per heavy atom. The van der Waals surface area contributed by atoms with E-state index in [-0.39, 0.29) is 23.1 Å². The number of alkyl halides is 13. The van der Waals surface area contributed by atoms with Crippen LogP contribution in [0.2, 0.25) is 0 Å². The van der Waals surface area contributed by atoms with Crippen LogP contribution >= 0.6 is 0 Å². The summed E-state index contributed by atoms with van der Waals surface area (Å²) in [6, 6.07) is 3.60. The number of methoxy groups -OCH3 is 2. The van der Waals surface area contributed by atoms with Crippen molar-refractivity contribution in [3.05, 3.63) is 29.8 Å². The molecule has 4 nitrogen and oxygen atoms in total. The van der Waals surface area contributed by atoms with E-state index in [1.807, 2.05) is 0 Å². The normalized spacial score (nSPS) is 14.2. The number of carbonyl (C=O) groups excluding carboxylic acids is 1. The fourth-order valence-electron chi connectivity index (χ4n) is 2.40. The summed E-state index contributed by atoms with van der Waals surface area (Å²) < 4.78 is 185. The Morgan fingerprint density at radius 2 is 1.33 bits per heavy atom. The Kier molecular flexibility index (Phi) is 8.86. The molecule has 0 aliphatic rings. The monoisotopic (exact) mass is 554 g/mol. The number of halogens is 13. The predicted octanol–water partition coefficient (Wildman–Crippen LogP) is 6.74. The molecule has 0 heterocycles. The van der Waals surface area contributed by atoms with Gasteiger partial charge in [0.05, 0.1) is 14.2 Å². The van der Waals surface area contributed by atoms with E-state index in [1.54, 1.807) is 0 Å². The Hall–Kier alpha value is -2.88. The van der Waals surface area contributed by atoms with Gasteiger partial charge in [-0.05, 0) is 18.2 Å². The third kappa shape index (κ3) is 6.27. The van der Waals surface area contributed by atoms with E-state index >= 15 is 0 Å². The zero-order valence-corrected chi connectivity index (χ0v) is 17.8. The lowest BCUT2D eigenvalue weighted by Crippen LogP contribution is -2.68. The number of hydrogen-bond donors (Lipinski definition) is 0. The largest absolute Gasteiger partial charge is 0.497 e. The molecule has 0 aromatic heterocycles. The van der Waals surface area contributed by atoms with Gasteiger partial charge in [-0.3, -0.25) is 0 Å². The summed E-state index contributed by atoms with van der Waals surface area (Å²) in [4.78, 5) is 11.5. The van der Waals surface area contributed by atoms with Gasteiger partial charge >= 0.3 is 41.9 Å². The van der Waals surface area contributed by atoms with Crippen LogP contribution < -0.4 is 9.47 Å². The molecule has 0 saturated heterocycles. The quantitative estimate of drug-likeness (QED) is 0.173. The summed E-state index contributed by atoms with van der Waals surface area (Å²) in [7, 11) is 2.35. The van der Waals surface area contributed by atoms with Gasteiger partial charge in [-0.15, -0.1) is 0 Å². The molecule has 17 heteroatoms. The maximum absolute atomic E-state index is 13.7. The Morgan fingerprint density at radius 3 is 1.81 bits per heavy atom. The molecule has 0 bridgehead atoms. The molecule has 0 N–H and O–H groups in total. The van der Waals surface area contributed by atoms with Crippen molar-refractivity contribution in [3.63, 3.8) is 0 Å². The topological polar surface area (TPSA) is 44.8 Å². The summed E-state index contributed by atoms with van der Waals surface area (Å²) in [5.41, 5.74) is -0.105. The van der Waals surface area contributed by atoms with Crippen molar-refractivity contribution in [1.82, 2.24) is 0 Å². The van der Waals surface area contributed by atoms with Gasteiger partial charge in [0.2, 0.25) is 0 Å². The number of hydrogen-bond acceptors (Lipinski definition) is 4. The van der Waals surface area contributed by atoms with Crippen molar-refractivity contribution in [2.75, 3.05) is 14.2 Å². The van der Waals surface area contributed by atoms with Crippen molar-refractivity contribution < 1.29 is 76.1 Å². The van der Waals surface area contributed by atoms with Crippen molar-refractivity contribution in [3.8, 4) is 11.5 Å². The summed E-state index contributed by atoms with van der Waals surface area (Å²) in [6.07, 6.45) is -17.8. The van der Waals surface area contributed by atoms with Crippen LogP contribution in [0.3, 0.4) is 0 Å². The van der Waals surface area contributed by atoms with Crippen LogP contribution in [-0.2, 0) is 9.53 Å². The fourth-order valence-corrected chi connectivity index (χ4v) is 2.40. The van der Waals surface area contributed by atoms with E-state index in [2.05, 4.69) is 4.74 Å². The molecule has 1 aromatic carbocycles. The number of esters is 1. The number of benzene rings is 1. The first-order valence-electron chi connectivity index (χ1n) is 9.15. The highest BCUT2D eigenvalue weighted by molar-refractivity contribution is 5.88. The van der Waals surface area contributed by atoms with Gasteiger partial charge in [-0.25, -0.2) is 4.79 Å². The summed E-state index contributed by atoms with van der Waals surface area (Å²) in [5, 5.41) is 0. The molecule has 0 fully saturated rings. The van der Waals surface area contributed by atoms with E-state index in [4.69, 9.17) is 9.47 Å². The minimum Gasteiger partial charge on any atom is -0.497 e. The van der Waals surface area contributed by atoms with Crippen molar-refractivity contribution in [1.29, 1.82) is 0 Å². The molecular formula is C19H15F13O4. The first-order chi connectivity index (χ1) is 16.1. The Balaban J connectivity index is 3.19. The second-order valence-electron chi connectivity index (χ2n) is 6.92. The van der Waals surface area contributed by atoms with Gasteiger partial charge < -0.3 is 14.2 Å². The number of rotatable bonds is 11. The molecule has 0 aliphatic heterocycles. The summed E-state index contributed by atoms with van der Waals surface area (Å²) in [5.74, 6) is -31.6. The van der Waals surface area contributed by atoms with Crippen molar-refractivity contribution in [2.24, 2.45) is 0 Å². The fraction of sp³-hybridized carbons (Fsp3) is 0.526. The minimum absolute atomic E-state index is 0.0391. The average Bonchev–Trinajstić information content (AvgIpc) is 2.74. The third-order valence-electron chi connectivity index (χ3n) is 4.40. The maximum atomic E-state index is 13.7. The van der Waals surface area contributed by atoms with E-state index in [0.717, 1.165) is 13.2 Å². The van der Waals surface area contributed by atoms with Gasteiger partial charge in [-0.1, -0.05) is 0 Å². The van der Waals surface area contributed by atoms with Gasteiger partial charge in [0.15, 0.2) is 0 Å². The maximum Gasteiger partial charge on any atom is 0.473 e. The number of carbonyl (C=O) groups is 1. The Labute approximate surface area is 193 Å². The van der Waals surface area contributed by atoms with Crippen LogP contribution in [0.25, 0.3) is 6.08 Å². The van der Waals surface area contributed by atoms with Crippen LogP contribution in [-0.4, -0.2) is 56.2 Å². The molecule has 0 aliphatic carbocycles. The SMILES string of the molecule is COc1ccc(C=CC(=O)OC(F)(F)C(F)(F)C(F)(F)C(F)(F)C(F)(F)CCC(F)(F)F)c(OC)c1. The lowest BCUT2D eigenvalue weighted by atomic mass is 9.95. The van der Waals surface area contributed by atoms with Crippen molar-refractivity contribution in [2.45, 2.75) is 48.8 Å². The molecule has 206 valence electrons. The second-order valence-corrected chi connectivity index (χ2v) is 6.92. The van der Waals surface area contributed by atoms with Crippen molar-refractivity contribution >= 4 is 12.0 Å². The van der Waals surface area contributed by atoms with Gasteiger partial charge in [0.1, 0.15) is 11.5 Å². The van der Waals surface area contributed by atoms with Crippen LogP contribution in [0.4, 0.5) is 57.1 Å². The van der Waals surface area contributed by atoms with Gasteiger partial charge in [0.25, 0.3) is 0 Å². The molecule has 0 radical (unpaired) electrons. The summed E-state index contributed by atoms with van der Waals surface area (Å²) >= 11 is 0. The molecule has 1 aromatic rings. The first kappa shape index (κ1) is 31.2. The lowest BCUT2D eigenvalue weighted by Gasteiger charge is -2.38. The summed E-state index contributed by atoms with van der Waals surface area (Å²) in [6.45, 7) is 0. The zero-order chi connectivity index (χ0) is 28.4. The van der Waals surface area contributed by atoms with Crippen LogP contribution in [0.5, 0.6) is 11.5 Å². The van der Waals surface area contributed by atoms with E-state index < -0.39 is 54.8 Å². The average molecular weight is 554 g/mol. The molecule has 0 spiro atoms. The molecule has 36 heavy (non-hydrogen) atoms. The van der Waals surface area contributed by atoms with E-state index in [0.29, 0.717) is 6.08 Å². The minimum atomic E-state index is -7.69. The van der Waals surface area contributed by atoms with Crippen LogP contribution in [0, 0.1) is 0 Å². The molecule has 0 atom stereocenters. The van der Waals surface area contributed by atoms with Crippen LogP contribution in [0.15, 0.2) is 24.3 Å². The zero-order valence-electron chi connectivity index (χ0n) is 17.8. The van der Waals surface area contributed by atoms with Gasteiger partial charge in [0, 0.05) is 30.5 Å². The van der Waals surface area contributed by atoms with Gasteiger partial charge in [-0.2, -0.15) is 57.1 Å². The predicted molar refractivity (Wildman–Crippen MR) is 94.7 cm³/mol. The first-order valence-corrected chi connectivity index (χ1v) is 9.15. The molecule has 0 unspecified atom stereocenters. The highest BCUT2D eigenvalue weighted by Gasteiger charge is 2.87. The number of ether oxygens (including phenoxy) is 3. The van der Waals surface area contributed by atoms with E-state index in [1.165, 1.54) is 19.2 Å². The highest BCUT2D eigenvalue weighted by Crippen LogP contribution is 2.58. The molecule has 0 saturated carbocycles. The van der Waals surface area contributed by atoms with E-state index in [9.17, 15) is 61.9 Å². The Bertz CT molecular complexity index is 955. The molecule has 0 amide bonds. The highest BCUT2D eigenvalue weighted by atomic mass is 19.4. The molecule has 1 rings (SSSR count). The second kappa shape index (κ2) is 10.2. The lowest BCUT2D eigenvalue weighted by molar-refractivity contribution is -0.437.